The highest BCUT2D eigenvalue weighted by molar-refractivity contribution is 6.16. The molecule has 94 valence electrons. The fraction of sp³-hybridized carbons (Fsp3) is 0.400. The number of hydrogen-bond donors (Lipinski definition) is 1. The van der Waals surface area contributed by atoms with Crippen molar-refractivity contribution >= 4 is 17.6 Å². The van der Waals surface area contributed by atoms with Gasteiger partial charge in [0.1, 0.15) is 0 Å². The van der Waals surface area contributed by atoms with Crippen molar-refractivity contribution in [2.75, 3.05) is 7.11 Å². The summed E-state index contributed by atoms with van der Waals surface area (Å²) in [5.41, 5.74) is -1.44. The third-order valence-corrected chi connectivity index (χ3v) is 2.43. The third kappa shape index (κ3) is 3.26. The summed E-state index contributed by atoms with van der Waals surface area (Å²) in [7, 11) is 1.14. The molecule has 0 aliphatic rings. The Morgan fingerprint density at radius 1 is 1.59 bits per heavy atom. The second-order valence-corrected chi connectivity index (χ2v) is 3.52. The summed E-state index contributed by atoms with van der Waals surface area (Å²) in [5.74, 6) is -0.731. The maximum absolute atomic E-state index is 12.7. The van der Waals surface area contributed by atoms with Crippen LogP contribution in [0.2, 0.25) is 0 Å². The number of ether oxygens (including phenoxy) is 1. The number of H-pyrrole nitrogens is 1. The number of carbonyl (C=O) groups excluding carboxylic acids is 1. The van der Waals surface area contributed by atoms with Gasteiger partial charge in [0.25, 0.3) is 12.0 Å². The number of aromatic amines is 1. The van der Waals surface area contributed by atoms with Crippen LogP contribution < -0.4 is 5.56 Å². The lowest BCUT2D eigenvalue weighted by atomic mass is 10.1. The summed E-state index contributed by atoms with van der Waals surface area (Å²) in [6, 6.07) is 1.27. The number of carbonyl (C=O) groups is 1. The van der Waals surface area contributed by atoms with Crippen LogP contribution in [0.5, 0.6) is 0 Å². The summed E-state index contributed by atoms with van der Waals surface area (Å²) >= 11 is 5.50. The standard InChI is InChI=1S/C10H10ClF2NO3/c1-17-7(15)3-5-2-6(4-11)14-10(16)8(5)9(12)13/h2,9H,3-4H2,1H3,(H,14,16). The summed E-state index contributed by atoms with van der Waals surface area (Å²) in [5, 5.41) is 0. The first-order chi connectivity index (χ1) is 7.99. The second kappa shape index (κ2) is 5.77. The average Bonchev–Trinajstić information content (AvgIpc) is 2.27. The number of halogens is 3. The zero-order chi connectivity index (χ0) is 13.0. The van der Waals surface area contributed by atoms with E-state index in [0.717, 1.165) is 7.11 Å². The molecular formula is C10H10ClF2NO3. The van der Waals surface area contributed by atoms with Crippen LogP contribution in [0.3, 0.4) is 0 Å². The van der Waals surface area contributed by atoms with Crippen molar-refractivity contribution in [1.82, 2.24) is 4.98 Å². The molecule has 0 spiro atoms. The molecule has 1 aromatic rings. The number of hydrogen-bond acceptors (Lipinski definition) is 3. The number of nitrogens with one attached hydrogen (secondary N) is 1. The fourth-order valence-electron chi connectivity index (χ4n) is 1.37. The van der Waals surface area contributed by atoms with Crippen molar-refractivity contribution in [1.29, 1.82) is 0 Å². The predicted octanol–water partition coefficient (Wildman–Crippen LogP) is 1.77. The molecule has 0 unspecified atom stereocenters. The summed E-state index contributed by atoms with van der Waals surface area (Å²) in [6.45, 7) is 0. The van der Waals surface area contributed by atoms with Gasteiger partial charge in [-0.25, -0.2) is 8.78 Å². The van der Waals surface area contributed by atoms with Crippen LogP contribution in [0.4, 0.5) is 8.78 Å². The first kappa shape index (κ1) is 13.6. The van der Waals surface area contributed by atoms with Crippen molar-refractivity contribution in [3.63, 3.8) is 0 Å². The van der Waals surface area contributed by atoms with E-state index < -0.39 is 23.5 Å². The van der Waals surface area contributed by atoms with Gasteiger partial charge in [-0.2, -0.15) is 0 Å². The number of rotatable bonds is 4. The second-order valence-electron chi connectivity index (χ2n) is 3.25. The van der Waals surface area contributed by atoms with E-state index in [1.165, 1.54) is 6.07 Å². The van der Waals surface area contributed by atoms with Crippen LogP contribution >= 0.6 is 11.6 Å². The Kier molecular flexibility index (Phi) is 4.62. The molecular weight excluding hydrogens is 256 g/mol. The number of methoxy groups -OCH3 is 1. The highest BCUT2D eigenvalue weighted by Gasteiger charge is 2.20. The Morgan fingerprint density at radius 3 is 2.71 bits per heavy atom. The molecule has 0 aliphatic carbocycles. The van der Waals surface area contributed by atoms with Gasteiger partial charge in [-0.3, -0.25) is 9.59 Å². The maximum Gasteiger partial charge on any atom is 0.309 e. The van der Waals surface area contributed by atoms with Crippen molar-refractivity contribution < 1.29 is 18.3 Å². The van der Waals surface area contributed by atoms with Crippen LogP contribution in [-0.4, -0.2) is 18.1 Å². The van der Waals surface area contributed by atoms with E-state index in [4.69, 9.17) is 11.6 Å². The fourth-order valence-corrected chi connectivity index (χ4v) is 1.51. The van der Waals surface area contributed by atoms with Crippen LogP contribution in [-0.2, 0) is 21.8 Å². The Hall–Kier alpha value is -1.43. The number of aromatic nitrogens is 1. The van der Waals surface area contributed by atoms with Gasteiger partial charge in [0, 0.05) is 5.69 Å². The Bertz CT molecular complexity index is 473. The molecule has 1 rings (SSSR count). The Labute approximate surface area is 101 Å². The topological polar surface area (TPSA) is 59.2 Å². The van der Waals surface area contributed by atoms with Crippen LogP contribution in [0, 0.1) is 0 Å². The van der Waals surface area contributed by atoms with E-state index in [-0.39, 0.29) is 23.6 Å². The van der Waals surface area contributed by atoms with Crippen molar-refractivity contribution in [3.05, 3.63) is 33.2 Å². The van der Waals surface area contributed by atoms with E-state index in [9.17, 15) is 18.4 Å². The molecule has 0 atom stereocenters. The summed E-state index contributed by atoms with van der Waals surface area (Å²) < 4.78 is 29.7. The monoisotopic (exact) mass is 265 g/mol. The molecule has 0 radical (unpaired) electrons. The van der Waals surface area contributed by atoms with Crippen molar-refractivity contribution in [3.8, 4) is 0 Å². The van der Waals surface area contributed by atoms with Gasteiger partial charge in [-0.1, -0.05) is 0 Å². The maximum atomic E-state index is 12.7. The number of esters is 1. The van der Waals surface area contributed by atoms with Crippen LogP contribution in [0.1, 0.15) is 23.2 Å². The van der Waals surface area contributed by atoms with Crippen LogP contribution in [0.15, 0.2) is 10.9 Å². The van der Waals surface area contributed by atoms with E-state index in [2.05, 4.69) is 9.72 Å². The molecule has 0 fully saturated rings. The van der Waals surface area contributed by atoms with E-state index >= 15 is 0 Å². The Balaban J connectivity index is 3.27. The highest BCUT2D eigenvalue weighted by atomic mass is 35.5. The minimum Gasteiger partial charge on any atom is -0.469 e. The molecule has 7 heteroatoms. The molecule has 1 N–H and O–H groups in total. The molecule has 0 saturated carbocycles. The van der Waals surface area contributed by atoms with Gasteiger partial charge in [0.2, 0.25) is 0 Å². The molecule has 0 aliphatic heterocycles. The molecule has 0 saturated heterocycles. The average molecular weight is 266 g/mol. The minimum atomic E-state index is -2.96. The summed E-state index contributed by atoms with van der Waals surface area (Å²) in [6.07, 6.45) is -3.34. The zero-order valence-electron chi connectivity index (χ0n) is 8.93. The third-order valence-electron chi connectivity index (χ3n) is 2.14. The quantitative estimate of drug-likeness (QED) is 0.667. The van der Waals surface area contributed by atoms with E-state index in [1.807, 2.05) is 0 Å². The number of pyridine rings is 1. The first-order valence-corrected chi connectivity index (χ1v) is 5.19. The van der Waals surface area contributed by atoms with Gasteiger partial charge in [-0.05, 0) is 11.6 Å². The lowest BCUT2D eigenvalue weighted by molar-refractivity contribution is -0.139. The Morgan fingerprint density at radius 2 is 2.24 bits per heavy atom. The van der Waals surface area contributed by atoms with Gasteiger partial charge in [0.05, 0.1) is 25.0 Å². The van der Waals surface area contributed by atoms with E-state index in [1.54, 1.807) is 0 Å². The summed E-state index contributed by atoms with van der Waals surface area (Å²) in [4.78, 5) is 24.7. The van der Waals surface area contributed by atoms with E-state index in [0.29, 0.717) is 0 Å². The first-order valence-electron chi connectivity index (χ1n) is 4.65. The normalized spacial score (nSPS) is 10.6. The van der Waals surface area contributed by atoms with Gasteiger partial charge in [0.15, 0.2) is 0 Å². The van der Waals surface area contributed by atoms with Crippen molar-refractivity contribution in [2.45, 2.75) is 18.7 Å². The predicted molar refractivity (Wildman–Crippen MR) is 57.3 cm³/mol. The molecule has 1 heterocycles. The van der Waals surface area contributed by atoms with Crippen LogP contribution in [0.25, 0.3) is 0 Å². The zero-order valence-corrected chi connectivity index (χ0v) is 9.68. The van der Waals surface area contributed by atoms with Gasteiger partial charge < -0.3 is 9.72 Å². The molecule has 1 aromatic heterocycles. The molecule has 0 bridgehead atoms. The number of alkyl halides is 3. The smallest absolute Gasteiger partial charge is 0.309 e. The lowest BCUT2D eigenvalue weighted by Gasteiger charge is -2.08. The molecule has 0 aromatic carbocycles. The SMILES string of the molecule is COC(=O)Cc1cc(CCl)[nH]c(=O)c1C(F)F. The molecule has 4 nitrogen and oxygen atoms in total. The van der Waals surface area contributed by atoms with Gasteiger partial charge in [-0.15, -0.1) is 11.6 Å². The minimum absolute atomic E-state index is 0.0348. The molecule has 17 heavy (non-hydrogen) atoms. The largest absolute Gasteiger partial charge is 0.469 e. The van der Waals surface area contributed by atoms with Gasteiger partial charge >= 0.3 is 5.97 Å². The van der Waals surface area contributed by atoms with Crippen molar-refractivity contribution in [2.24, 2.45) is 0 Å². The highest BCUT2D eigenvalue weighted by Crippen LogP contribution is 2.20. The lowest BCUT2D eigenvalue weighted by Crippen LogP contribution is -2.20. The molecule has 0 amide bonds.